The number of esters is 2. The first-order valence-electron chi connectivity index (χ1n) is 9.28. The number of hydrogen-bond acceptors (Lipinski definition) is 6. The third-order valence-corrected chi connectivity index (χ3v) is 3.90. The molecular weight excluding hydrogens is 368 g/mol. The first kappa shape index (κ1) is 23.1. The van der Waals surface area contributed by atoms with Gasteiger partial charge in [0.05, 0.1) is 24.3 Å². The maximum Gasteiger partial charge on any atom is 0.339 e. The molecule has 1 rings (SSSR count). The van der Waals surface area contributed by atoms with Gasteiger partial charge in [-0.15, -0.1) is 0 Å². The standard InChI is InChI=1S/C20H26O8/c21-17(22)11-3-1-7-13-27-19(25)15-9-5-6-10-16(15)20(26)28-14-8-2-4-12-18(23)24/h5-6,9-10H,1-4,7-8,11-14H2,(H,21,22)(H,23,24). The minimum Gasteiger partial charge on any atom is -0.481 e. The van der Waals surface area contributed by atoms with Crippen LogP contribution in [0, 0.1) is 0 Å². The van der Waals surface area contributed by atoms with Crippen molar-refractivity contribution in [3.63, 3.8) is 0 Å². The monoisotopic (exact) mass is 394 g/mol. The van der Waals surface area contributed by atoms with Crippen molar-refractivity contribution in [2.45, 2.75) is 51.4 Å². The van der Waals surface area contributed by atoms with Crippen LogP contribution in [0.2, 0.25) is 0 Å². The van der Waals surface area contributed by atoms with Crippen LogP contribution in [0.25, 0.3) is 0 Å². The predicted molar refractivity (Wildman–Crippen MR) is 99.2 cm³/mol. The van der Waals surface area contributed by atoms with Crippen LogP contribution in [0.4, 0.5) is 0 Å². The van der Waals surface area contributed by atoms with Crippen LogP contribution in [0.3, 0.4) is 0 Å². The Morgan fingerprint density at radius 3 is 1.39 bits per heavy atom. The van der Waals surface area contributed by atoms with Gasteiger partial charge in [0.15, 0.2) is 0 Å². The van der Waals surface area contributed by atoms with E-state index in [9.17, 15) is 19.2 Å². The Bertz CT molecular complexity index is 611. The third-order valence-electron chi connectivity index (χ3n) is 3.90. The number of benzene rings is 1. The number of ether oxygens (including phenoxy) is 2. The van der Waals surface area contributed by atoms with Gasteiger partial charge in [0.25, 0.3) is 0 Å². The van der Waals surface area contributed by atoms with Gasteiger partial charge < -0.3 is 19.7 Å². The molecule has 0 fully saturated rings. The zero-order valence-corrected chi connectivity index (χ0v) is 15.7. The molecule has 0 saturated heterocycles. The molecule has 1 aromatic carbocycles. The van der Waals surface area contributed by atoms with Crippen LogP contribution < -0.4 is 0 Å². The zero-order chi connectivity index (χ0) is 20.8. The van der Waals surface area contributed by atoms with Crippen LogP contribution in [-0.4, -0.2) is 47.3 Å². The number of rotatable bonds is 14. The van der Waals surface area contributed by atoms with Gasteiger partial charge in [0.1, 0.15) is 0 Å². The normalized spacial score (nSPS) is 10.3. The predicted octanol–water partition coefficient (Wildman–Crippen LogP) is 3.29. The van der Waals surface area contributed by atoms with E-state index in [1.807, 2.05) is 0 Å². The molecule has 0 aliphatic carbocycles. The molecule has 0 radical (unpaired) electrons. The lowest BCUT2D eigenvalue weighted by Gasteiger charge is -2.10. The largest absolute Gasteiger partial charge is 0.481 e. The topological polar surface area (TPSA) is 127 Å². The number of carboxylic acids is 2. The second-order valence-corrected chi connectivity index (χ2v) is 6.23. The summed E-state index contributed by atoms with van der Waals surface area (Å²) >= 11 is 0. The summed E-state index contributed by atoms with van der Waals surface area (Å²) in [5.74, 6) is -2.97. The Balaban J connectivity index is 2.41. The van der Waals surface area contributed by atoms with E-state index in [0.717, 1.165) is 0 Å². The first-order chi connectivity index (χ1) is 13.4. The number of aliphatic carboxylic acids is 2. The van der Waals surface area contributed by atoms with Gasteiger partial charge in [-0.1, -0.05) is 12.1 Å². The van der Waals surface area contributed by atoms with Crippen LogP contribution in [0.5, 0.6) is 0 Å². The molecule has 2 N–H and O–H groups in total. The number of carboxylic acid groups (broad SMARTS) is 2. The summed E-state index contributed by atoms with van der Waals surface area (Å²) in [5, 5.41) is 17.1. The quantitative estimate of drug-likeness (QED) is 0.363. The van der Waals surface area contributed by atoms with Gasteiger partial charge in [0.2, 0.25) is 0 Å². The molecule has 8 nitrogen and oxygen atoms in total. The molecule has 0 heterocycles. The Hall–Kier alpha value is -2.90. The smallest absolute Gasteiger partial charge is 0.339 e. The fraction of sp³-hybridized carbons (Fsp3) is 0.500. The van der Waals surface area contributed by atoms with Gasteiger partial charge in [-0.25, -0.2) is 9.59 Å². The molecule has 28 heavy (non-hydrogen) atoms. The Labute approximate surface area is 163 Å². The highest BCUT2D eigenvalue weighted by atomic mass is 16.5. The van der Waals surface area contributed by atoms with Crippen molar-refractivity contribution in [1.29, 1.82) is 0 Å². The average molecular weight is 394 g/mol. The molecule has 0 aliphatic heterocycles. The third kappa shape index (κ3) is 9.70. The van der Waals surface area contributed by atoms with Crippen LogP contribution in [0.1, 0.15) is 72.1 Å². The molecule has 154 valence electrons. The highest BCUT2D eigenvalue weighted by Crippen LogP contribution is 2.13. The van der Waals surface area contributed by atoms with Crippen molar-refractivity contribution in [3.05, 3.63) is 35.4 Å². The van der Waals surface area contributed by atoms with Crippen molar-refractivity contribution < 1.29 is 38.9 Å². The van der Waals surface area contributed by atoms with E-state index in [4.69, 9.17) is 19.7 Å². The van der Waals surface area contributed by atoms with Crippen molar-refractivity contribution >= 4 is 23.9 Å². The Morgan fingerprint density at radius 1 is 0.643 bits per heavy atom. The lowest BCUT2D eigenvalue weighted by atomic mass is 10.1. The Kier molecular flexibility index (Phi) is 11.0. The van der Waals surface area contributed by atoms with Crippen molar-refractivity contribution in [2.75, 3.05) is 13.2 Å². The minimum absolute atomic E-state index is 0.0823. The van der Waals surface area contributed by atoms with Gasteiger partial charge >= 0.3 is 23.9 Å². The molecule has 0 aliphatic rings. The zero-order valence-electron chi connectivity index (χ0n) is 15.7. The SMILES string of the molecule is O=C(O)CCCCCOC(=O)c1ccccc1C(=O)OCCCCCC(=O)O. The summed E-state index contributed by atoms with van der Waals surface area (Å²) < 4.78 is 10.3. The number of carbonyl (C=O) groups is 4. The van der Waals surface area contributed by atoms with E-state index in [2.05, 4.69) is 0 Å². The molecule has 0 unspecified atom stereocenters. The molecule has 0 bridgehead atoms. The summed E-state index contributed by atoms with van der Waals surface area (Å²) in [4.78, 5) is 45.3. The Morgan fingerprint density at radius 2 is 1.04 bits per heavy atom. The number of hydrogen-bond donors (Lipinski definition) is 2. The van der Waals surface area contributed by atoms with E-state index in [1.54, 1.807) is 12.1 Å². The van der Waals surface area contributed by atoms with Gasteiger partial charge in [-0.05, 0) is 50.7 Å². The average Bonchev–Trinajstić information content (AvgIpc) is 2.66. The molecular formula is C20H26O8. The summed E-state index contributed by atoms with van der Waals surface area (Å²) in [7, 11) is 0. The summed E-state index contributed by atoms with van der Waals surface area (Å²) in [6.07, 6.45) is 3.54. The van der Waals surface area contributed by atoms with Gasteiger partial charge in [-0.3, -0.25) is 9.59 Å². The second kappa shape index (κ2) is 13.3. The summed E-state index contributed by atoms with van der Waals surface area (Å²) in [6.45, 7) is 0.289. The highest BCUT2D eigenvalue weighted by molar-refractivity contribution is 6.03. The van der Waals surface area contributed by atoms with Crippen LogP contribution in [0.15, 0.2) is 24.3 Å². The molecule has 0 atom stereocenters. The minimum atomic E-state index is -0.855. The molecule has 0 saturated carbocycles. The molecule has 8 heteroatoms. The maximum atomic E-state index is 12.2. The van der Waals surface area contributed by atoms with Gasteiger partial charge in [0, 0.05) is 12.8 Å². The first-order valence-corrected chi connectivity index (χ1v) is 9.28. The number of carbonyl (C=O) groups excluding carboxylic acids is 2. The molecule has 0 aromatic heterocycles. The second-order valence-electron chi connectivity index (χ2n) is 6.23. The fourth-order valence-corrected chi connectivity index (χ4v) is 2.43. The lowest BCUT2D eigenvalue weighted by Crippen LogP contribution is -2.15. The van der Waals surface area contributed by atoms with Gasteiger partial charge in [-0.2, -0.15) is 0 Å². The summed E-state index contributed by atoms with van der Waals surface area (Å²) in [5.41, 5.74) is 0.229. The lowest BCUT2D eigenvalue weighted by molar-refractivity contribution is -0.138. The van der Waals surface area contributed by atoms with Crippen LogP contribution >= 0.6 is 0 Å². The molecule has 0 amide bonds. The molecule has 0 spiro atoms. The van der Waals surface area contributed by atoms with E-state index >= 15 is 0 Å². The summed E-state index contributed by atoms with van der Waals surface area (Å²) in [6, 6.07) is 6.20. The van der Waals surface area contributed by atoms with E-state index in [-0.39, 0.29) is 37.2 Å². The van der Waals surface area contributed by atoms with Crippen molar-refractivity contribution in [2.24, 2.45) is 0 Å². The van der Waals surface area contributed by atoms with Crippen molar-refractivity contribution in [1.82, 2.24) is 0 Å². The fourth-order valence-electron chi connectivity index (χ4n) is 2.43. The molecule has 1 aromatic rings. The maximum absolute atomic E-state index is 12.2. The van der Waals surface area contributed by atoms with E-state index in [1.165, 1.54) is 12.1 Å². The van der Waals surface area contributed by atoms with E-state index < -0.39 is 23.9 Å². The van der Waals surface area contributed by atoms with Crippen molar-refractivity contribution in [3.8, 4) is 0 Å². The number of unbranched alkanes of at least 4 members (excludes halogenated alkanes) is 4. The highest BCUT2D eigenvalue weighted by Gasteiger charge is 2.18. The van der Waals surface area contributed by atoms with E-state index in [0.29, 0.717) is 38.5 Å². The van der Waals surface area contributed by atoms with Crippen LogP contribution in [-0.2, 0) is 19.1 Å².